The Labute approximate surface area is 146 Å². The molecular weight excluding hydrogens is 397 g/mol. The number of rotatable bonds is 7. The molecule has 0 spiro atoms. The van der Waals surface area contributed by atoms with Crippen LogP contribution in [-0.2, 0) is 0 Å². The zero-order chi connectivity index (χ0) is 15.9. The summed E-state index contributed by atoms with van der Waals surface area (Å²) in [6, 6.07) is 2.53. The predicted octanol–water partition coefficient (Wildman–Crippen LogP) is 6.33. The maximum absolute atomic E-state index is 13.4. The Hall–Kier alpha value is -0.390. The Bertz CT molecular complexity index is 447. The van der Waals surface area contributed by atoms with Gasteiger partial charge in [0.1, 0.15) is 17.4 Å². The van der Waals surface area contributed by atoms with Gasteiger partial charge in [-0.25, -0.2) is 8.78 Å². The minimum absolute atomic E-state index is 0.0220. The standard InChI is InChI=1S/C18H25F2IO/c1-2-4-13-6-8-14(9-7-13)5-3-10-22-15-11-16(19)18(21)17(20)12-15/h11-14H,2-10H2,1H3/t13-,14-. The van der Waals surface area contributed by atoms with Gasteiger partial charge in [-0.1, -0.05) is 45.4 Å². The normalized spacial score (nSPS) is 21.8. The third-order valence-corrected chi connectivity index (χ3v) is 5.68. The molecule has 0 radical (unpaired) electrons. The van der Waals surface area contributed by atoms with Gasteiger partial charge in [0.15, 0.2) is 0 Å². The molecule has 1 aromatic rings. The SMILES string of the molecule is CCC[C@H]1CC[C@H](CCCOc2cc(F)c(I)c(F)c2)CC1. The lowest BCUT2D eigenvalue weighted by Gasteiger charge is -2.28. The lowest BCUT2D eigenvalue weighted by molar-refractivity contribution is 0.229. The van der Waals surface area contributed by atoms with Crippen LogP contribution < -0.4 is 4.74 Å². The van der Waals surface area contributed by atoms with Crippen molar-refractivity contribution in [3.8, 4) is 5.75 Å². The first-order valence-corrected chi connectivity index (χ1v) is 9.45. The summed E-state index contributed by atoms with van der Waals surface area (Å²) in [5.41, 5.74) is 0. The van der Waals surface area contributed by atoms with Gasteiger partial charge in [-0.05, 0) is 47.3 Å². The van der Waals surface area contributed by atoms with Crippen LogP contribution in [0.15, 0.2) is 12.1 Å². The van der Waals surface area contributed by atoms with Gasteiger partial charge < -0.3 is 4.74 Å². The fraction of sp³-hybridized carbons (Fsp3) is 0.667. The van der Waals surface area contributed by atoms with Gasteiger partial charge in [0.25, 0.3) is 0 Å². The molecule has 1 aromatic carbocycles. The molecular formula is C18H25F2IO. The third-order valence-electron chi connectivity index (χ3n) is 4.65. The van der Waals surface area contributed by atoms with Crippen molar-refractivity contribution in [3.63, 3.8) is 0 Å². The van der Waals surface area contributed by atoms with E-state index >= 15 is 0 Å². The van der Waals surface area contributed by atoms with E-state index in [1.165, 1.54) is 50.7 Å². The number of hydrogen-bond donors (Lipinski definition) is 0. The maximum atomic E-state index is 13.4. The molecule has 1 saturated carbocycles. The molecule has 1 aliphatic carbocycles. The monoisotopic (exact) mass is 422 g/mol. The summed E-state index contributed by atoms with van der Waals surface area (Å²) in [5, 5.41) is 0. The second kappa shape index (κ2) is 9.04. The van der Waals surface area contributed by atoms with E-state index in [0.29, 0.717) is 12.4 Å². The first-order valence-electron chi connectivity index (χ1n) is 8.37. The minimum Gasteiger partial charge on any atom is -0.493 e. The summed E-state index contributed by atoms with van der Waals surface area (Å²) >= 11 is 1.66. The average molecular weight is 422 g/mol. The van der Waals surface area contributed by atoms with Gasteiger partial charge >= 0.3 is 0 Å². The Balaban J connectivity index is 1.66. The molecule has 22 heavy (non-hydrogen) atoms. The molecule has 1 nitrogen and oxygen atoms in total. The van der Waals surface area contributed by atoms with Crippen molar-refractivity contribution in [2.45, 2.75) is 58.3 Å². The van der Waals surface area contributed by atoms with Crippen LogP contribution in [0.25, 0.3) is 0 Å². The number of hydrogen-bond acceptors (Lipinski definition) is 1. The molecule has 0 bridgehead atoms. The smallest absolute Gasteiger partial charge is 0.143 e. The van der Waals surface area contributed by atoms with Crippen LogP contribution in [0.3, 0.4) is 0 Å². The van der Waals surface area contributed by atoms with E-state index in [0.717, 1.165) is 24.7 Å². The van der Waals surface area contributed by atoms with Crippen molar-refractivity contribution >= 4 is 22.6 Å². The minimum atomic E-state index is -0.551. The van der Waals surface area contributed by atoms with Gasteiger partial charge in [-0.2, -0.15) is 0 Å². The second-order valence-corrected chi connectivity index (χ2v) is 7.45. The molecule has 0 aromatic heterocycles. The summed E-state index contributed by atoms with van der Waals surface area (Å²) in [6.07, 6.45) is 10.2. The van der Waals surface area contributed by atoms with Crippen LogP contribution in [0.2, 0.25) is 0 Å². The van der Waals surface area contributed by atoms with Crippen molar-refractivity contribution in [1.82, 2.24) is 0 Å². The topological polar surface area (TPSA) is 9.23 Å². The van der Waals surface area contributed by atoms with E-state index in [1.807, 2.05) is 0 Å². The van der Waals surface area contributed by atoms with Crippen molar-refractivity contribution in [1.29, 1.82) is 0 Å². The highest BCUT2D eigenvalue weighted by Crippen LogP contribution is 2.33. The Kier molecular flexibility index (Phi) is 7.38. The van der Waals surface area contributed by atoms with Crippen LogP contribution in [0, 0.1) is 27.0 Å². The number of benzene rings is 1. The first-order chi connectivity index (χ1) is 10.6. The van der Waals surface area contributed by atoms with Crippen LogP contribution in [0.5, 0.6) is 5.75 Å². The second-order valence-electron chi connectivity index (χ2n) is 6.37. The van der Waals surface area contributed by atoms with Crippen LogP contribution in [0.1, 0.15) is 58.3 Å². The van der Waals surface area contributed by atoms with E-state index in [9.17, 15) is 8.78 Å². The van der Waals surface area contributed by atoms with Crippen molar-refractivity contribution in [3.05, 3.63) is 27.3 Å². The molecule has 0 saturated heterocycles. The summed E-state index contributed by atoms with van der Waals surface area (Å²) in [6.45, 7) is 2.80. The maximum Gasteiger partial charge on any atom is 0.143 e. The van der Waals surface area contributed by atoms with E-state index in [1.54, 1.807) is 22.6 Å². The van der Waals surface area contributed by atoms with E-state index < -0.39 is 11.6 Å². The van der Waals surface area contributed by atoms with Crippen LogP contribution in [-0.4, -0.2) is 6.61 Å². The van der Waals surface area contributed by atoms with E-state index in [4.69, 9.17) is 4.74 Å². The van der Waals surface area contributed by atoms with Crippen LogP contribution >= 0.6 is 22.6 Å². The third kappa shape index (κ3) is 5.36. The molecule has 4 heteroatoms. The summed E-state index contributed by atoms with van der Waals surface area (Å²) < 4.78 is 32.3. The fourth-order valence-corrected chi connectivity index (χ4v) is 3.71. The lowest BCUT2D eigenvalue weighted by atomic mass is 9.78. The summed E-state index contributed by atoms with van der Waals surface area (Å²) in [4.78, 5) is 0. The molecule has 0 unspecified atom stereocenters. The zero-order valence-corrected chi connectivity index (χ0v) is 15.4. The average Bonchev–Trinajstić information content (AvgIpc) is 2.51. The van der Waals surface area contributed by atoms with Crippen molar-refractivity contribution in [2.75, 3.05) is 6.61 Å². The van der Waals surface area contributed by atoms with Crippen molar-refractivity contribution in [2.24, 2.45) is 11.8 Å². The van der Waals surface area contributed by atoms with Crippen LogP contribution in [0.4, 0.5) is 8.78 Å². The van der Waals surface area contributed by atoms with Gasteiger partial charge in [-0.15, -0.1) is 0 Å². The highest BCUT2D eigenvalue weighted by atomic mass is 127. The fourth-order valence-electron chi connectivity index (χ4n) is 3.39. The van der Waals surface area contributed by atoms with Gasteiger partial charge in [0, 0.05) is 12.1 Å². The van der Waals surface area contributed by atoms with Gasteiger partial charge in [-0.3, -0.25) is 0 Å². The highest BCUT2D eigenvalue weighted by molar-refractivity contribution is 14.1. The quantitative estimate of drug-likeness (QED) is 0.283. The molecule has 0 N–H and O–H groups in total. The molecule has 1 aliphatic rings. The molecule has 124 valence electrons. The molecule has 2 rings (SSSR count). The van der Waals surface area contributed by atoms with Gasteiger partial charge in [0.2, 0.25) is 0 Å². The molecule has 0 amide bonds. The van der Waals surface area contributed by atoms with Gasteiger partial charge in [0.05, 0.1) is 10.2 Å². The Morgan fingerprint density at radius 3 is 2.14 bits per heavy atom. The van der Waals surface area contributed by atoms with Crippen molar-refractivity contribution < 1.29 is 13.5 Å². The molecule has 1 fully saturated rings. The molecule has 0 aliphatic heterocycles. The summed E-state index contributed by atoms with van der Waals surface area (Å²) in [5.74, 6) is 0.939. The lowest BCUT2D eigenvalue weighted by Crippen LogP contribution is -2.15. The summed E-state index contributed by atoms with van der Waals surface area (Å²) in [7, 11) is 0. The highest BCUT2D eigenvalue weighted by Gasteiger charge is 2.20. The molecule has 0 atom stereocenters. The Morgan fingerprint density at radius 1 is 1.05 bits per heavy atom. The van der Waals surface area contributed by atoms with E-state index in [2.05, 4.69) is 6.92 Å². The first kappa shape index (κ1) is 18.0. The number of ether oxygens (including phenoxy) is 1. The molecule has 0 heterocycles. The van der Waals surface area contributed by atoms with E-state index in [-0.39, 0.29) is 3.57 Å². The largest absolute Gasteiger partial charge is 0.493 e. The zero-order valence-electron chi connectivity index (χ0n) is 13.2. The number of halogens is 3. The Morgan fingerprint density at radius 2 is 1.59 bits per heavy atom. The predicted molar refractivity (Wildman–Crippen MR) is 94.2 cm³/mol.